The minimum absolute atomic E-state index is 0.0772. The van der Waals surface area contributed by atoms with Gasteiger partial charge in [0.15, 0.2) is 11.5 Å². The molecule has 0 fully saturated rings. The van der Waals surface area contributed by atoms with Gasteiger partial charge in [-0.2, -0.15) is 0 Å². The van der Waals surface area contributed by atoms with Gasteiger partial charge in [-0.1, -0.05) is 45.7 Å². The van der Waals surface area contributed by atoms with Crippen molar-refractivity contribution in [1.82, 2.24) is 0 Å². The zero-order chi connectivity index (χ0) is 14.8. The fraction of sp³-hybridized carbons (Fsp3) is 0.294. The van der Waals surface area contributed by atoms with Gasteiger partial charge < -0.3 is 9.47 Å². The molecule has 110 valence electrons. The molecule has 0 N–H and O–H groups in total. The maximum atomic E-state index is 6.22. The summed E-state index contributed by atoms with van der Waals surface area (Å²) in [7, 11) is 0. The maximum absolute atomic E-state index is 6.22. The zero-order valence-electron chi connectivity index (χ0n) is 11.7. The topological polar surface area (TPSA) is 18.5 Å². The van der Waals surface area contributed by atoms with E-state index in [1.807, 2.05) is 31.2 Å². The summed E-state index contributed by atoms with van der Waals surface area (Å²) in [6.45, 7) is 3.44. The van der Waals surface area contributed by atoms with Gasteiger partial charge in [-0.25, -0.2) is 0 Å². The number of benzene rings is 2. The van der Waals surface area contributed by atoms with Gasteiger partial charge in [-0.3, -0.25) is 0 Å². The van der Waals surface area contributed by atoms with Gasteiger partial charge in [0.2, 0.25) is 0 Å². The largest absolute Gasteiger partial charge is 0.490 e. The summed E-state index contributed by atoms with van der Waals surface area (Å²) in [6.07, 6.45) is 0.912. The molecule has 0 aliphatic carbocycles. The molecule has 0 aromatic heterocycles. The molecule has 4 heteroatoms. The smallest absolute Gasteiger partial charge is 0.161 e. The van der Waals surface area contributed by atoms with Crippen molar-refractivity contribution in [2.45, 2.75) is 18.2 Å². The second-order valence-corrected chi connectivity index (χ2v) is 6.40. The van der Waals surface area contributed by atoms with Crippen molar-refractivity contribution in [3.63, 3.8) is 0 Å². The molecule has 2 aromatic rings. The lowest BCUT2D eigenvalue weighted by molar-refractivity contribution is 0.297. The Balaban J connectivity index is 1.96. The first-order chi connectivity index (χ1) is 10.2. The van der Waals surface area contributed by atoms with Crippen molar-refractivity contribution in [3.05, 3.63) is 58.1 Å². The molecule has 0 radical (unpaired) electrons. The van der Waals surface area contributed by atoms with Crippen molar-refractivity contribution < 1.29 is 9.47 Å². The Kier molecular flexibility index (Phi) is 4.41. The van der Waals surface area contributed by atoms with Crippen LogP contribution in [0, 0.1) is 6.92 Å². The van der Waals surface area contributed by atoms with Gasteiger partial charge in [0.1, 0.15) is 0 Å². The lowest BCUT2D eigenvalue weighted by Gasteiger charge is -2.16. The van der Waals surface area contributed by atoms with Crippen LogP contribution in [-0.2, 0) is 0 Å². The number of hydrogen-bond acceptors (Lipinski definition) is 2. The van der Waals surface area contributed by atoms with E-state index in [9.17, 15) is 0 Å². The first kappa shape index (κ1) is 14.7. The first-order valence-electron chi connectivity index (χ1n) is 6.95. The van der Waals surface area contributed by atoms with E-state index in [0.29, 0.717) is 13.2 Å². The predicted octanol–water partition coefficient (Wildman–Crippen LogP) is 5.29. The molecule has 1 heterocycles. The number of halogens is 2. The Labute approximate surface area is 138 Å². The molecule has 0 saturated carbocycles. The Morgan fingerprint density at radius 3 is 2.67 bits per heavy atom. The summed E-state index contributed by atoms with van der Waals surface area (Å²) < 4.78 is 11.4. The van der Waals surface area contributed by atoms with E-state index in [-0.39, 0.29) is 4.83 Å². The normalized spacial score (nSPS) is 15.4. The van der Waals surface area contributed by atoms with Crippen LogP contribution in [0.25, 0.3) is 0 Å². The van der Waals surface area contributed by atoms with Gasteiger partial charge in [-0.05, 0) is 41.8 Å². The molecule has 2 nitrogen and oxygen atoms in total. The SMILES string of the molecule is Cc1c(Cl)cccc1C(Br)c1ccc2c(c1)OCCCO2. The Bertz CT molecular complexity index is 657. The highest BCUT2D eigenvalue weighted by Gasteiger charge is 2.17. The molecule has 0 amide bonds. The first-order valence-corrected chi connectivity index (χ1v) is 8.25. The second-order valence-electron chi connectivity index (χ2n) is 5.07. The van der Waals surface area contributed by atoms with Crippen LogP contribution in [0.1, 0.15) is 27.9 Å². The van der Waals surface area contributed by atoms with Crippen molar-refractivity contribution in [2.24, 2.45) is 0 Å². The number of fused-ring (bicyclic) bond motifs is 1. The van der Waals surface area contributed by atoms with E-state index in [4.69, 9.17) is 21.1 Å². The molecular formula is C17H16BrClO2. The molecule has 21 heavy (non-hydrogen) atoms. The third-order valence-electron chi connectivity index (χ3n) is 3.65. The van der Waals surface area contributed by atoms with Gasteiger partial charge in [0.05, 0.1) is 18.0 Å². The molecule has 1 unspecified atom stereocenters. The average molecular weight is 368 g/mol. The molecule has 1 aliphatic rings. The molecule has 1 atom stereocenters. The lowest BCUT2D eigenvalue weighted by Crippen LogP contribution is -1.98. The summed E-state index contributed by atoms with van der Waals surface area (Å²) in [6, 6.07) is 12.1. The standard InChI is InChI=1S/C17H16BrClO2/c1-11-13(4-2-5-14(11)19)17(18)12-6-7-15-16(10-12)21-9-3-8-20-15/h2,4-7,10,17H,3,8-9H2,1H3. The Hall–Kier alpha value is -1.19. The summed E-state index contributed by atoms with van der Waals surface area (Å²) in [5, 5.41) is 0.784. The molecule has 2 aromatic carbocycles. The van der Waals surface area contributed by atoms with E-state index in [0.717, 1.165) is 39.6 Å². The minimum Gasteiger partial charge on any atom is -0.490 e. The van der Waals surface area contributed by atoms with Crippen molar-refractivity contribution in [1.29, 1.82) is 0 Å². The quantitative estimate of drug-likeness (QED) is 0.671. The number of ether oxygens (including phenoxy) is 2. The van der Waals surface area contributed by atoms with Crippen LogP contribution in [0.4, 0.5) is 0 Å². The minimum atomic E-state index is 0.0772. The van der Waals surface area contributed by atoms with Crippen LogP contribution in [-0.4, -0.2) is 13.2 Å². The summed E-state index contributed by atoms with van der Waals surface area (Å²) in [4.78, 5) is 0.0772. The maximum Gasteiger partial charge on any atom is 0.161 e. The molecule has 3 rings (SSSR count). The van der Waals surface area contributed by atoms with Crippen LogP contribution in [0.2, 0.25) is 5.02 Å². The van der Waals surface area contributed by atoms with Crippen LogP contribution < -0.4 is 9.47 Å². The summed E-state index contributed by atoms with van der Waals surface area (Å²) in [5.41, 5.74) is 3.38. The molecule has 0 saturated heterocycles. The van der Waals surface area contributed by atoms with Gasteiger partial charge in [0.25, 0.3) is 0 Å². The molecule has 0 bridgehead atoms. The monoisotopic (exact) mass is 366 g/mol. The van der Waals surface area contributed by atoms with E-state index < -0.39 is 0 Å². The summed E-state index contributed by atoms with van der Waals surface area (Å²) >= 11 is 9.99. The highest BCUT2D eigenvalue weighted by molar-refractivity contribution is 9.09. The predicted molar refractivity (Wildman–Crippen MR) is 89.0 cm³/mol. The number of alkyl halides is 1. The highest BCUT2D eigenvalue weighted by atomic mass is 79.9. The van der Waals surface area contributed by atoms with Gasteiger partial charge >= 0.3 is 0 Å². The third-order valence-corrected chi connectivity index (χ3v) is 5.08. The third kappa shape index (κ3) is 3.04. The second kappa shape index (κ2) is 6.29. The van der Waals surface area contributed by atoms with E-state index >= 15 is 0 Å². The highest BCUT2D eigenvalue weighted by Crippen LogP contribution is 2.39. The van der Waals surface area contributed by atoms with Crippen molar-refractivity contribution in [2.75, 3.05) is 13.2 Å². The van der Waals surface area contributed by atoms with Gasteiger partial charge in [-0.15, -0.1) is 0 Å². The molecule has 1 aliphatic heterocycles. The Morgan fingerprint density at radius 1 is 1.10 bits per heavy atom. The fourth-order valence-electron chi connectivity index (χ4n) is 2.42. The Morgan fingerprint density at radius 2 is 1.86 bits per heavy atom. The number of rotatable bonds is 2. The number of hydrogen-bond donors (Lipinski definition) is 0. The lowest BCUT2D eigenvalue weighted by atomic mass is 10.00. The van der Waals surface area contributed by atoms with E-state index in [1.165, 1.54) is 0 Å². The molecular weight excluding hydrogens is 352 g/mol. The van der Waals surface area contributed by atoms with Crippen molar-refractivity contribution in [3.8, 4) is 11.5 Å². The average Bonchev–Trinajstić information content (AvgIpc) is 2.74. The fourth-order valence-corrected chi connectivity index (χ4v) is 3.38. The van der Waals surface area contributed by atoms with E-state index in [2.05, 4.69) is 28.1 Å². The van der Waals surface area contributed by atoms with Crippen molar-refractivity contribution >= 4 is 27.5 Å². The van der Waals surface area contributed by atoms with Gasteiger partial charge in [0, 0.05) is 11.4 Å². The van der Waals surface area contributed by atoms with Crippen LogP contribution in [0.15, 0.2) is 36.4 Å². The molecule has 0 spiro atoms. The van der Waals surface area contributed by atoms with Crippen LogP contribution in [0.3, 0.4) is 0 Å². The zero-order valence-corrected chi connectivity index (χ0v) is 14.1. The van der Waals surface area contributed by atoms with Crippen LogP contribution in [0.5, 0.6) is 11.5 Å². The van der Waals surface area contributed by atoms with Crippen LogP contribution >= 0.6 is 27.5 Å². The summed E-state index contributed by atoms with van der Waals surface area (Å²) in [5.74, 6) is 1.63. The van der Waals surface area contributed by atoms with E-state index in [1.54, 1.807) is 0 Å².